The second kappa shape index (κ2) is 6.98. The van der Waals surface area contributed by atoms with Crippen molar-refractivity contribution in [2.45, 2.75) is 13.3 Å². The first kappa shape index (κ1) is 7.98. The van der Waals surface area contributed by atoms with E-state index in [1.165, 1.54) is 0 Å². The molecule has 0 fully saturated rings. The zero-order valence-corrected chi connectivity index (χ0v) is 5.22. The van der Waals surface area contributed by atoms with E-state index in [0.29, 0.717) is 13.2 Å². The van der Waals surface area contributed by atoms with Crippen LogP contribution >= 0.6 is 0 Å². The molecule has 0 saturated carbocycles. The molecule has 2 radical (unpaired) electrons. The Labute approximate surface area is 51.6 Å². The van der Waals surface area contributed by atoms with Gasteiger partial charge >= 0.3 is 0 Å². The Bertz CT molecular complexity index is 35.4. The summed E-state index contributed by atoms with van der Waals surface area (Å²) in [6, 6.07) is 0. The van der Waals surface area contributed by atoms with Crippen molar-refractivity contribution in [3.63, 3.8) is 0 Å². The van der Waals surface area contributed by atoms with Crippen molar-refractivity contribution >= 4 is 8.05 Å². The first-order valence-electron chi connectivity index (χ1n) is 2.81. The molecule has 0 aliphatic heterocycles. The quantitative estimate of drug-likeness (QED) is 0.383. The topological polar surface area (TPSA) is 18.5 Å². The molecule has 0 aliphatic rings. The van der Waals surface area contributed by atoms with E-state index in [1.54, 1.807) is 0 Å². The number of rotatable bonds is 5. The van der Waals surface area contributed by atoms with Crippen LogP contribution < -0.4 is 0 Å². The summed E-state index contributed by atoms with van der Waals surface area (Å²) >= 11 is 0. The molecule has 0 bridgehead atoms. The van der Waals surface area contributed by atoms with Gasteiger partial charge in [-0.1, -0.05) is 6.92 Å². The van der Waals surface area contributed by atoms with Crippen LogP contribution in [0.1, 0.15) is 13.3 Å². The third kappa shape index (κ3) is 5.98. The molecule has 0 aromatic heterocycles. The van der Waals surface area contributed by atoms with Gasteiger partial charge in [0.1, 0.15) is 0 Å². The van der Waals surface area contributed by atoms with Crippen LogP contribution in [0.2, 0.25) is 0 Å². The van der Waals surface area contributed by atoms with E-state index in [0.717, 1.165) is 13.0 Å². The van der Waals surface area contributed by atoms with Gasteiger partial charge in [-0.25, -0.2) is 0 Å². The van der Waals surface area contributed by atoms with Crippen molar-refractivity contribution in [1.82, 2.24) is 0 Å². The average Bonchev–Trinajstić information content (AvgIpc) is 1.81. The van der Waals surface area contributed by atoms with Crippen LogP contribution in [0.3, 0.4) is 0 Å². The van der Waals surface area contributed by atoms with E-state index in [-0.39, 0.29) is 0 Å². The largest absolute Gasteiger partial charge is 0.445 e. The Morgan fingerprint density at radius 2 is 2.00 bits per heavy atom. The van der Waals surface area contributed by atoms with Gasteiger partial charge in [-0.2, -0.15) is 0 Å². The summed E-state index contributed by atoms with van der Waals surface area (Å²) in [5.41, 5.74) is 0. The second-order valence-electron chi connectivity index (χ2n) is 1.48. The minimum atomic E-state index is 0.486. The summed E-state index contributed by atoms with van der Waals surface area (Å²) in [4.78, 5) is 0. The fourth-order valence-electron chi connectivity index (χ4n) is 0.353. The maximum Gasteiger partial charge on any atom is 0.282 e. The third-order valence-corrected chi connectivity index (χ3v) is 0.694. The van der Waals surface area contributed by atoms with Crippen molar-refractivity contribution < 1.29 is 9.39 Å². The Kier molecular flexibility index (Phi) is 6.97. The van der Waals surface area contributed by atoms with E-state index >= 15 is 0 Å². The van der Waals surface area contributed by atoms with E-state index in [9.17, 15) is 0 Å². The maximum atomic E-state index is 5.02. The SMILES string of the molecule is [B]OCCOCCC. The molecule has 0 heterocycles. The van der Waals surface area contributed by atoms with Crippen LogP contribution in [-0.4, -0.2) is 27.9 Å². The molecule has 46 valence electrons. The standard InChI is InChI=1S/C5H11BO2/c1-2-3-7-4-5-8-6/h2-5H2,1H3. The molecule has 0 atom stereocenters. The highest BCUT2D eigenvalue weighted by molar-refractivity contribution is 5.97. The zero-order valence-electron chi connectivity index (χ0n) is 5.22. The first-order chi connectivity index (χ1) is 3.91. The van der Waals surface area contributed by atoms with Gasteiger partial charge in [0.05, 0.1) is 13.2 Å². The van der Waals surface area contributed by atoms with Crippen LogP contribution in [0.25, 0.3) is 0 Å². The number of ether oxygens (including phenoxy) is 1. The molecule has 2 nitrogen and oxygen atoms in total. The fourth-order valence-corrected chi connectivity index (χ4v) is 0.353. The normalized spacial score (nSPS) is 9.62. The molecule has 0 unspecified atom stereocenters. The summed E-state index contributed by atoms with van der Waals surface area (Å²) in [5.74, 6) is 0. The van der Waals surface area contributed by atoms with E-state index < -0.39 is 0 Å². The average molecular weight is 114 g/mol. The van der Waals surface area contributed by atoms with Crippen LogP contribution in [0.5, 0.6) is 0 Å². The van der Waals surface area contributed by atoms with Gasteiger partial charge in [0.2, 0.25) is 0 Å². The molecule has 0 rings (SSSR count). The van der Waals surface area contributed by atoms with Gasteiger partial charge in [-0.3, -0.25) is 0 Å². The smallest absolute Gasteiger partial charge is 0.282 e. The Morgan fingerprint density at radius 3 is 2.50 bits per heavy atom. The summed E-state index contributed by atoms with van der Waals surface area (Å²) in [7, 11) is 4.73. The molecule has 0 aromatic carbocycles. The Hall–Kier alpha value is -0.0151. The van der Waals surface area contributed by atoms with Gasteiger partial charge < -0.3 is 9.39 Å². The number of hydrogen-bond acceptors (Lipinski definition) is 2. The molecule has 0 saturated heterocycles. The molecule has 3 heteroatoms. The van der Waals surface area contributed by atoms with Gasteiger partial charge in [0, 0.05) is 6.61 Å². The van der Waals surface area contributed by atoms with Crippen molar-refractivity contribution in [2.24, 2.45) is 0 Å². The molecule has 0 spiro atoms. The lowest BCUT2D eigenvalue weighted by molar-refractivity contribution is 0.104. The predicted molar refractivity (Wildman–Crippen MR) is 32.8 cm³/mol. The highest BCUT2D eigenvalue weighted by Crippen LogP contribution is 1.78. The lowest BCUT2D eigenvalue weighted by Crippen LogP contribution is -2.02. The molecule has 8 heavy (non-hydrogen) atoms. The van der Waals surface area contributed by atoms with Gasteiger partial charge in [0.25, 0.3) is 8.05 Å². The zero-order chi connectivity index (χ0) is 6.24. The minimum absolute atomic E-state index is 0.486. The number of hydrogen-bond donors (Lipinski definition) is 0. The van der Waals surface area contributed by atoms with Gasteiger partial charge in [-0.15, -0.1) is 0 Å². The lowest BCUT2D eigenvalue weighted by Gasteiger charge is -1.98. The van der Waals surface area contributed by atoms with Gasteiger partial charge in [0.15, 0.2) is 0 Å². The van der Waals surface area contributed by atoms with Crippen LogP contribution in [-0.2, 0) is 9.39 Å². The highest BCUT2D eigenvalue weighted by Gasteiger charge is 1.81. The van der Waals surface area contributed by atoms with E-state index in [4.69, 9.17) is 12.8 Å². The van der Waals surface area contributed by atoms with E-state index in [2.05, 4.69) is 11.6 Å². The lowest BCUT2D eigenvalue weighted by atomic mass is 10.5. The third-order valence-electron chi connectivity index (χ3n) is 0.694. The first-order valence-corrected chi connectivity index (χ1v) is 2.81. The van der Waals surface area contributed by atoms with Crippen LogP contribution in [0.15, 0.2) is 0 Å². The minimum Gasteiger partial charge on any atom is -0.445 e. The summed E-state index contributed by atoms with van der Waals surface area (Å²) in [6.07, 6.45) is 1.05. The maximum absolute atomic E-state index is 5.02. The van der Waals surface area contributed by atoms with Crippen molar-refractivity contribution in [3.8, 4) is 0 Å². The molecule has 0 amide bonds. The molecule has 0 aromatic rings. The molecule has 0 N–H and O–H groups in total. The fraction of sp³-hybridized carbons (Fsp3) is 1.00. The molecular weight excluding hydrogens is 103 g/mol. The molecule has 0 aliphatic carbocycles. The monoisotopic (exact) mass is 114 g/mol. The summed E-state index contributed by atoms with van der Waals surface area (Å²) < 4.78 is 9.28. The summed E-state index contributed by atoms with van der Waals surface area (Å²) in [6.45, 7) is 3.94. The van der Waals surface area contributed by atoms with Crippen LogP contribution in [0.4, 0.5) is 0 Å². The summed E-state index contributed by atoms with van der Waals surface area (Å²) in [5, 5.41) is 0. The van der Waals surface area contributed by atoms with Gasteiger partial charge in [-0.05, 0) is 6.42 Å². The van der Waals surface area contributed by atoms with Crippen molar-refractivity contribution in [2.75, 3.05) is 19.8 Å². The van der Waals surface area contributed by atoms with Crippen molar-refractivity contribution in [1.29, 1.82) is 0 Å². The Morgan fingerprint density at radius 1 is 1.25 bits per heavy atom. The van der Waals surface area contributed by atoms with Crippen LogP contribution in [0, 0.1) is 0 Å². The Balaban J connectivity index is 2.53. The predicted octanol–water partition coefficient (Wildman–Crippen LogP) is 0.513. The second-order valence-corrected chi connectivity index (χ2v) is 1.48. The highest BCUT2D eigenvalue weighted by atomic mass is 16.5. The molecular formula is C5H11BO2. The van der Waals surface area contributed by atoms with E-state index in [1.807, 2.05) is 0 Å². The van der Waals surface area contributed by atoms with Crippen molar-refractivity contribution in [3.05, 3.63) is 0 Å².